The topological polar surface area (TPSA) is 35.5 Å². The summed E-state index contributed by atoms with van der Waals surface area (Å²) in [6, 6.07) is 11.6. The molecule has 23 heavy (non-hydrogen) atoms. The van der Waals surface area contributed by atoms with E-state index in [1.54, 1.807) is 0 Å². The van der Waals surface area contributed by atoms with Gasteiger partial charge in [0, 0.05) is 0 Å². The highest BCUT2D eigenvalue weighted by Crippen LogP contribution is 2.29. The minimum atomic E-state index is -0.480. The Morgan fingerprint density at radius 1 is 0.913 bits per heavy atom. The lowest BCUT2D eigenvalue weighted by molar-refractivity contribution is -0.144. The monoisotopic (exact) mass is 314 g/mol. The Kier molecular flexibility index (Phi) is 4.69. The molecule has 0 spiro atoms. The van der Waals surface area contributed by atoms with Gasteiger partial charge in [0.25, 0.3) is 0 Å². The van der Waals surface area contributed by atoms with Crippen LogP contribution in [-0.4, -0.2) is 11.6 Å². The number of ether oxygens (including phenoxy) is 2. The summed E-state index contributed by atoms with van der Waals surface area (Å²) >= 11 is 0. The van der Waals surface area contributed by atoms with Crippen molar-refractivity contribution in [1.82, 2.24) is 0 Å². The second-order valence-electron chi connectivity index (χ2n) is 7.51. The SMILES string of the molecule is CCC(C)(C)C(=O)Oc1ccc2ccc(OC(C)(C)C)cc2c1. The van der Waals surface area contributed by atoms with E-state index in [1.807, 2.05) is 77.9 Å². The molecule has 0 amide bonds. The zero-order valence-corrected chi connectivity index (χ0v) is 14.9. The van der Waals surface area contributed by atoms with Gasteiger partial charge in [0.2, 0.25) is 0 Å². The minimum absolute atomic E-state index is 0.207. The molecule has 0 aliphatic carbocycles. The molecule has 0 atom stereocenters. The number of hydrogen-bond acceptors (Lipinski definition) is 3. The molecule has 0 fully saturated rings. The molecule has 0 heterocycles. The van der Waals surface area contributed by atoms with Gasteiger partial charge < -0.3 is 9.47 Å². The lowest BCUT2D eigenvalue weighted by Gasteiger charge is -2.22. The summed E-state index contributed by atoms with van der Waals surface area (Å²) in [5.74, 6) is 1.17. The van der Waals surface area contributed by atoms with Crippen LogP contribution in [0.3, 0.4) is 0 Å². The zero-order valence-electron chi connectivity index (χ0n) is 14.9. The van der Waals surface area contributed by atoms with Crippen LogP contribution in [0.2, 0.25) is 0 Å². The van der Waals surface area contributed by atoms with E-state index < -0.39 is 5.41 Å². The third kappa shape index (κ3) is 4.47. The van der Waals surface area contributed by atoms with E-state index in [9.17, 15) is 4.79 Å². The Morgan fingerprint density at radius 2 is 1.48 bits per heavy atom. The number of rotatable bonds is 4. The van der Waals surface area contributed by atoms with Crippen LogP contribution in [0.1, 0.15) is 48.0 Å². The van der Waals surface area contributed by atoms with Crippen LogP contribution in [0.15, 0.2) is 36.4 Å². The van der Waals surface area contributed by atoms with Crippen LogP contribution in [0.25, 0.3) is 10.8 Å². The highest BCUT2D eigenvalue weighted by molar-refractivity contribution is 5.86. The molecule has 0 saturated heterocycles. The number of esters is 1. The minimum Gasteiger partial charge on any atom is -0.488 e. The normalized spacial score (nSPS) is 12.3. The van der Waals surface area contributed by atoms with Crippen molar-refractivity contribution in [3.05, 3.63) is 36.4 Å². The van der Waals surface area contributed by atoms with E-state index in [4.69, 9.17) is 9.47 Å². The van der Waals surface area contributed by atoms with E-state index in [-0.39, 0.29) is 11.6 Å². The molecular weight excluding hydrogens is 288 g/mol. The fraction of sp³-hybridized carbons (Fsp3) is 0.450. The predicted octanol–water partition coefficient (Wildman–Crippen LogP) is 5.36. The van der Waals surface area contributed by atoms with E-state index in [2.05, 4.69) is 0 Å². The molecule has 0 aliphatic heterocycles. The zero-order chi connectivity index (χ0) is 17.3. The van der Waals surface area contributed by atoms with Crippen LogP contribution >= 0.6 is 0 Å². The Bertz CT molecular complexity index is 708. The summed E-state index contributed by atoms with van der Waals surface area (Å²) in [6.45, 7) is 11.8. The second-order valence-corrected chi connectivity index (χ2v) is 7.51. The third-order valence-electron chi connectivity index (χ3n) is 3.85. The molecule has 0 saturated carbocycles. The van der Waals surface area contributed by atoms with Gasteiger partial charge in [0.15, 0.2) is 0 Å². The second kappa shape index (κ2) is 6.23. The maximum atomic E-state index is 12.2. The predicted molar refractivity (Wildman–Crippen MR) is 94.0 cm³/mol. The van der Waals surface area contributed by atoms with E-state index in [0.717, 1.165) is 22.9 Å². The highest BCUT2D eigenvalue weighted by Gasteiger charge is 2.27. The van der Waals surface area contributed by atoms with Gasteiger partial charge >= 0.3 is 5.97 Å². The summed E-state index contributed by atoms with van der Waals surface area (Å²) in [5, 5.41) is 2.08. The van der Waals surface area contributed by atoms with Gasteiger partial charge in [-0.1, -0.05) is 19.1 Å². The van der Waals surface area contributed by atoms with Gasteiger partial charge in [-0.2, -0.15) is 0 Å². The van der Waals surface area contributed by atoms with Crippen LogP contribution in [0.4, 0.5) is 0 Å². The first-order valence-electron chi connectivity index (χ1n) is 8.06. The van der Waals surface area contributed by atoms with Crippen molar-refractivity contribution in [2.24, 2.45) is 5.41 Å². The van der Waals surface area contributed by atoms with Crippen LogP contribution < -0.4 is 9.47 Å². The van der Waals surface area contributed by atoms with Crippen LogP contribution in [0.5, 0.6) is 11.5 Å². The first-order chi connectivity index (χ1) is 10.6. The summed E-state index contributed by atoms with van der Waals surface area (Å²) < 4.78 is 11.4. The molecule has 0 radical (unpaired) electrons. The van der Waals surface area contributed by atoms with E-state index in [1.165, 1.54) is 0 Å². The van der Waals surface area contributed by atoms with Gasteiger partial charge in [0.1, 0.15) is 17.1 Å². The van der Waals surface area contributed by atoms with Crippen molar-refractivity contribution in [2.45, 2.75) is 53.6 Å². The van der Waals surface area contributed by atoms with E-state index >= 15 is 0 Å². The molecule has 0 N–H and O–H groups in total. The van der Waals surface area contributed by atoms with Gasteiger partial charge in [-0.05, 0) is 76.1 Å². The van der Waals surface area contributed by atoms with E-state index in [0.29, 0.717) is 5.75 Å². The Morgan fingerprint density at radius 3 is 2.04 bits per heavy atom. The fourth-order valence-electron chi connectivity index (χ4n) is 2.07. The molecule has 0 bridgehead atoms. The van der Waals surface area contributed by atoms with Crippen molar-refractivity contribution in [3.8, 4) is 11.5 Å². The molecule has 2 rings (SSSR count). The maximum Gasteiger partial charge on any atom is 0.316 e. The molecule has 3 heteroatoms. The molecule has 3 nitrogen and oxygen atoms in total. The summed E-state index contributed by atoms with van der Waals surface area (Å²) in [5.41, 5.74) is -0.727. The lowest BCUT2D eigenvalue weighted by Crippen LogP contribution is -2.28. The third-order valence-corrected chi connectivity index (χ3v) is 3.85. The van der Waals surface area contributed by atoms with Crippen molar-refractivity contribution >= 4 is 16.7 Å². The average Bonchev–Trinajstić information content (AvgIpc) is 2.45. The fourth-order valence-corrected chi connectivity index (χ4v) is 2.07. The molecule has 2 aromatic carbocycles. The molecule has 0 unspecified atom stereocenters. The number of carbonyl (C=O) groups is 1. The van der Waals surface area contributed by atoms with Gasteiger partial charge in [-0.3, -0.25) is 4.79 Å². The van der Waals surface area contributed by atoms with Crippen molar-refractivity contribution in [1.29, 1.82) is 0 Å². The molecule has 0 aromatic heterocycles. The number of hydrogen-bond donors (Lipinski definition) is 0. The summed E-state index contributed by atoms with van der Waals surface area (Å²) in [7, 11) is 0. The van der Waals surface area contributed by atoms with Gasteiger partial charge in [-0.15, -0.1) is 0 Å². The Labute approximate surface area is 138 Å². The molecular formula is C20H26O3. The number of fused-ring (bicyclic) bond motifs is 1. The molecule has 2 aromatic rings. The van der Waals surface area contributed by atoms with Crippen molar-refractivity contribution in [2.75, 3.05) is 0 Å². The summed E-state index contributed by atoms with van der Waals surface area (Å²) in [6.07, 6.45) is 0.739. The molecule has 0 aliphatic rings. The van der Waals surface area contributed by atoms with Gasteiger partial charge in [0.05, 0.1) is 5.41 Å². The van der Waals surface area contributed by atoms with Crippen LogP contribution in [0, 0.1) is 5.41 Å². The van der Waals surface area contributed by atoms with Crippen LogP contribution in [-0.2, 0) is 4.79 Å². The highest BCUT2D eigenvalue weighted by atomic mass is 16.5. The average molecular weight is 314 g/mol. The van der Waals surface area contributed by atoms with Crippen molar-refractivity contribution < 1.29 is 14.3 Å². The lowest BCUT2D eigenvalue weighted by atomic mass is 9.91. The number of carbonyl (C=O) groups excluding carboxylic acids is 1. The Hall–Kier alpha value is -2.03. The van der Waals surface area contributed by atoms with Gasteiger partial charge in [-0.25, -0.2) is 0 Å². The standard InChI is InChI=1S/C20H26O3/c1-7-20(5,6)18(21)22-16-10-8-14-9-11-17(13-15(14)12-16)23-19(2,3)4/h8-13H,7H2,1-6H3. The first-order valence-corrected chi connectivity index (χ1v) is 8.06. The summed E-state index contributed by atoms with van der Waals surface area (Å²) in [4.78, 5) is 12.2. The number of benzene rings is 2. The maximum absolute atomic E-state index is 12.2. The van der Waals surface area contributed by atoms with Crippen molar-refractivity contribution in [3.63, 3.8) is 0 Å². The smallest absolute Gasteiger partial charge is 0.316 e. The largest absolute Gasteiger partial charge is 0.488 e. The first kappa shape index (κ1) is 17.3. The Balaban J connectivity index is 2.28. The quantitative estimate of drug-likeness (QED) is 0.563. The molecule has 124 valence electrons.